The van der Waals surface area contributed by atoms with E-state index in [4.69, 9.17) is 10.7 Å². The predicted octanol–water partition coefficient (Wildman–Crippen LogP) is 3.64. The van der Waals surface area contributed by atoms with Gasteiger partial charge in [-0.25, -0.2) is 4.99 Å². The summed E-state index contributed by atoms with van der Waals surface area (Å²) in [5.41, 5.74) is 8.13. The summed E-state index contributed by atoms with van der Waals surface area (Å²) in [7, 11) is 0. The lowest BCUT2D eigenvalue weighted by Crippen LogP contribution is -2.43. The summed E-state index contributed by atoms with van der Waals surface area (Å²) in [6.45, 7) is 2.05. The van der Waals surface area contributed by atoms with E-state index in [0.29, 0.717) is 12.1 Å². The lowest BCUT2D eigenvalue weighted by atomic mass is 9.83. The van der Waals surface area contributed by atoms with Crippen LogP contribution in [0.4, 0.5) is 5.69 Å². The van der Waals surface area contributed by atoms with Crippen LogP contribution in [0.15, 0.2) is 89.9 Å². The molecule has 0 spiro atoms. The second-order valence-electron chi connectivity index (χ2n) is 7.41. The molecule has 31 heavy (non-hydrogen) atoms. The van der Waals surface area contributed by atoms with Crippen molar-refractivity contribution in [2.24, 2.45) is 10.7 Å². The van der Waals surface area contributed by atoms with Gasteiger partial charge in [0.1, 0.15) is 0 Å². The molecule has 1 aliphatic heterocycles. The predicted molar refractivity (Wildman–Crippen MR) is 121 cm³/mol. The number of anilines is 1. The summed E-state index contributed by atoms with van der Waals surface area (Å²) in [5, 5.41) is 2.84. The molecule has 3 aromatic carbocycles. The molecular weight excluding hydrogens is 388 g/mol. The first-order chi connectivity index (χ1) is 15.0. The largest absolute Gasteiger partial charge is 0.369 e. The van der Waals surface area contributed by atoms with E-state index < -0.39 is 5.54 Å². The molecule has 1 aliphatic rings. The number of amides is 2. The van der Waals surface area contributed by atoms with Crippen molar-refractivity contribution >= 4 is 23.5 Å². The minimum atomic E-state index is -1.22. The van der Waals surface area contributed by atoms with Crippen LogP contribution >= 0.6 is 0 Å². The van der Waals surface area contributed by atoms with Crippen LogP contribution in [0.1, 0.15) is 30.0 Å². The third-order valence-electron chi connectivity index (χ3n) is 5.37. The SMILES string of the molecule is CCC(=O)Nc1cccc(CN2C(=O)C(c3ccccc3)(c3ccccc3)N=C2N)c1. The van der Waals surface area contributed by atoms with Gasteiger partial charge in [-0.05, 0) is 28.8 Å². The Morgan fingerprint density at radius 2 is 1.58 bits per heavy atom. The van der Waals surface area contributed by atoms with E-state index in [1.165, 1.54) is 4.90 Å². The monoisotopic (exact) mass is 412 g/mol. The molecule has 6 heteroatoms. The van der Waals surface area contributed by atoms with Gasteiger partial charge >= 0.3 is 0 Å². The topological polar surface area (TPSA) is 87.8 Å². The van der Waals surface area contributed by atoms with Gasteiger partial charge in [0, 0.05) is 12.1 Å². The highest BCUT2D eigenvalue weighted by atomic mass is 16.2. The van der Waals surface area contributed by atoms with E-state index >= 15 is 0 Å². The van der Waals surface area contributed by atoms with Crippen LogP contribution in [-0.2, 0) is 21.7 Å². The number of carbonyl (C=O) groups is 2. The Morgan fingerprint density at radius 3 is 2.16 bits per heavy atom. The Bertz CT molecular complexity index is 1090. The maximum Gasteiger partial charge on any atom is 0.266 e. The van der Waals surface area contributed by atoms with E-state index in [1.54, 1.807) is 6.92 Å². The number of hydrogen-bond acceptors (Lipinski definition) is 4. The number of aliphatic imine (C=N–C) groups is 1. The smallest absolute Gasteiger partial charge is 0.266 e. The van der Waals surface area contributed by atoms with Crippen molar-refractivity contribution in [2.45, 2.75) is 25.4 Å². The second-order valence-corrected chi connectivity index (χ2v) is 7.41. The van der Waals surface area contributed by atoms with Crippen molar-refractivity contribution < 1.29 is 9.59 Å². The van der Waals surface area contributed by atoms with Crippen LogP contribution < -0.4 is 11.1 Å². The lowest BCUT2D eigenvalue weighted by molar-refractivity contribution is -0.130. The number of benzene rings is 3. The van der Waals surface area contributed by atoms with Gasteiger partial charge in [0.05, 0.1) is 6.54 Å². The molecule has 156 valence electrons. The number of hydrogen-bond donors (Lipinski definition) is 2. The van der Waals surface area contributed by atoms with Gasteiger partial charge in [0.2, 0.25) is 5.91 Å². The summed E-state index contributed by atoms with van der Waals surface area (Å²) >= 11 is 0. The van der Waals surface area contributed by atoms with Gasteiger partial charge in [-0.3, -0.25) is 14.5 Å². The molecule has 0 fully saturated rings. The number of nitrogens with zero attached hydrogens (tertiary/aromatic N) is 2. The minimum Gasteiger partial charge on any atom is -0.369 e. The maximum absolute atomic E-state index is 13.8. The maximum atomic E-state index is 13.8. The molecule has 0 aromatic heterocycles. The second kappa shape index (κ2) is 8.44. The Hall–Kier alpha value is -3.93. The Labute approximate surface area is 181 Å². The Balaban J connectivity index is 1.70. The summed E-state index contributed by atoms with van der Waals surface area (Å²) in [6, 6.07) is 26.4. The number of guanidine groups is 1. The molecule has 3 N–H and O–H groups in total. The van der Waals surface area contributed by atoms with Gasteiger partial charge in [-0.15, -0.1) is 0 Å². The number of rotatable bonds is 6. The van der Waals surface area contributed by atoms with Crippen LogP contribution in [-0.4, -0.2) is 22.7 Å². The fraction of sp³-hybridized carbons (Fsp3) is 0.160. The zero-order chi connectivity index (χ0) is 21.8. The molecule has 3 aromatic rings. The van der Waals surface area contributed by atoms with E-state index in [1.807, 2.05) is 84.9 Å². The fourth-order valence-corrected chi connectivity index (χ4v) is 3.81. The summed E-state index contributed by atoms with van der Waals surface area (Å²) in [5.74, 6) is -0.103. The molecular formula is C25H24N4O2. The third-order valence-corrected chi connectivity index (χ3v) is 5.37. The summed E-state index contributed by atoms with van der Waals surface area (Å²) < 4.78 is 0. The van der Waals surface area contributed by atoms with Crippen molar-refractivity contribution in [1.82, 2.24) is 4.90 Å². The van der Waals surface area contributed by atoms with Crippen LogP contribution in [0.25, 0.3) is 0 Å². The zero-order valence-corrected chi connectivity index (χ0v) is 17.3. The van der Waals surface area contributed by atoms with Crippen molar-refractivity contribution in [3.05, 3.63) is 102 Å². The van der Waals surface area contributed by atoms with Crippen LogP contribution in [0, 0.1) is 0 Å². The standard InChI is InChI=1S/C25H24N4O2/c1-2-22(30)27-21-15-9-10-18(16-21)17-29-23(31)25(28-24(29)26,19-11-5-3-6-12-19)20-13-7-4-8-14-20/h3-16H,2,17H2,1H3,(H2,26,28)(H,27,30). The number of nitrogens with two attached hydrogens (primary N) is 1. The molecule has 0 radical (unpaired) electrons. The highest BCUT2D eigenvalue weighted by molar-refractivity contribution is 6.09. The first-order valence-electron chi connectivity index (χ1n) is 10.2. The van der Waals surface area contributed by atoms with Crippen molar-refractivity contribution in [3.8, 4) is 0 Å². The van der Waals surface area contributed by atoms with Gasteiger partial charge in [-0.2, -0.15) is 0 Å². The molecule has 1 heterocycles. The third kappa shape index (κ3) is 3.80. The summed E-state index contributed by atoms with van der Waals surface area (Å²) in [4.78, 5) is 31.7. The highest BCUT2D eigenvalue weighted by Gasteiger charge is 2.50. The molecule has 0 aliphatic carbocycles. The lowest BCUT2D eigenvalue weighted by Gasteiger charge is -2.27. The Morgan fingerprint density at radius 1 is 0.968 bits per heavy atom. The van der Waals surface area contributed by atoms with E-state index in [-0.39, 0.29) is 24.3 Å². The van der Waals surface area contributed by atoms with E-state index in [0.717, 1.165) is 16.7 Å². The molecule has 4 rings (SSSR count). The highest BCUT2D eigenvalue weighted by Crippen LogP contribution is 2.39. The molecule has 6 nitrogen and oxygen atoms in total. The van der Waals surface area contributed by atoms with Crippen LogP contribution in [0.3, 0.4) is 0 Å². The van der Waals surface area contributed by atoms with Crippen LogP contribution in [0.5, 0.6) is 0 Å². The minimum absolute atomic E-state index is 0.0670. The van der Waals surface area contributed by atoms with E-state index in [2.05, 4.69) is 5.32 Å². The average molecular weight is 412 g/mol. The number of nitrogens with one attached hydrogen (secondary N) is 1. The van der Waals surface area contributed by atoms with Gasteiger partial charge < -0.3 is 11.1 Å². The fourth-order valence-electron chi connectivity index (χ4n) is 3.81. The molecule has 0 bridgehead atoms. The normalized spacial score (nSPS) is 14.9. The Kier molecular flexibility index (Phi) is 5.54. The molecule has 0 unspecified atom stereocenters. The van der Waals surface area contributed by atoms with Crippen molar-refractivity contribution in [1.29, 1.82) is 0 Å². The van der Waals surface area contributed by atoms with Gasteiger partial charge in [-0.1, -0.05) is 79.7 Å². The van der Waals surface area contributed by atoms with Crippen molar-refractivity contribution in [3.63, 3.8) is 0 Å². The first kappa shape index (κ1) is 20.3. The molecule has 0 atom stereocenters. The molecule has 2 amide bonds. The van der Waals surface area contributed by atoms with Crippen molar-refractivity contribution in [2.75, 3.05) is 5.32 Å². The molecule has 0 saturated heterocycles. The van der Waals surface area contributed by atoms with E-state index in [9.17, 15) is 9.59 Å². The molecule has 0 saturated carbocycles. The summed E-state index contributed by atoms with van der Waals surface area (Å²) in [6.07, 6.45) is 0.394. The first-order valence-corrected chi connectivity index (χ1v) is 10.2. The average Bonchev–Trinajstić information content (AvgIpc) is 3.06. The number of carbonyl (C=O) groups excluding carboxylic acids is 2. The van der Waals surface area contributed by atoms with Gasteiger partial charge in [0.15, 0.2) is 11.5 Å². The van der Waals surface area contributed by atoms with Crippen LogP contribution in [0.2, 0.25) is 0 Å². The van der Waals surface area contributed by atoms with Gasteiger partial charge in [0.25, 0.3) is 5.91 Å². The zero-order valence-electron chi connectivity index (χ0n) is 17.3. The quantitative estimate of drug-likeness (QED) is 0.648.